The summed E-state index contributed by atoms with van der Waals surface area (Å²) in [7, 11) is 0. The van der Waals surface area contributed by atoms with Crippen LogP contribution in [-0.4, -0.2) is 16.0 Å². The van der Waals surface area contributed by atoms with Crippen LogP contribution in [0.3, 0.4) is 0 Å². The Hall–Kier alpha value is -5.88. The first kappa shape index (κ1) is 27.3. The summed E-state index contributed by atoms with van der Waals surface area (Å²) in [6, 6.07) is 41.9. The van der Waals surface area contributed by atoms with Gasteiger partial charge in [0.15, 0.2) is 0 Å². The molecule has 0 saturated carbocycles. The lowest BCUT2D eigenvalue weighted by molar-refractivity contribution is 1.05. The van der Waals surface area contributed by atoms with Gasteiger partial charge >= 0.3 is 0 Å². The largest absolute Gasteiger partial charge is 0.321 e. The predicted octanol–water partition coefficient (Wildman–Crippen LogP) is 11.1. The van der Waals surface area contributed by atoms with Crippen molar-refractivity contribution in [3.8, 4) is 33.4 Å². The molecule has 3 aromatic heterocycles. The van der Waals surface area contributed by atoms with Crippen LogP contribution in [0, 0.1) is 0 Å². The maximum Gasteiger partial charge on any atom is 0.0723 e. The third-order valence-electron chi connectivity index (χ3n) is 9.61. The minimum Gasteiger partial charge on any atom is -0.321 e. The van der Waals surface area contributed by atoms with E-state index < -0.39 is 0 Å². The topological polar surface area (TPSA) is 55.0 Å². The fraction of sp³-hybridized carbons (Fsp3) is 0.0233. The number of anilines is 3. The highest BCUT2D eigenvalue weighted by molar-refractivity contribution is 7.26. The fourth-order valence-corrected chi connectivity index (χ4v) is 8.69. The van der Waals surface area contributed by atoms with Crippen molar-refractivity contribution in [3.63, 3.8) is 0 Å². The van der Waals surface area contributed by atoms with Gasteiger partial charge in [0.05, 0.1) is 16.9 Å². The van der Waals surface area contributed by atoms with Gasteiger partial charge in [0.25, 0.3) is 0 Å². The number of rotatable bonds is 3. The van der Waals surface area contributed by atoms with Crippen molar-refractivity contribution >= 4 is 65.0 Å². The minimum atomic E-state index is -0.0941. The van der Waals surface area contributed by atoms with Crippen LogP contribution in [-0.2, 0) is 0 Å². The van der Waals surface area contributed by atoms with E-state index in [1.54, 1.807) is 0 Å². The molecule has 0 saturated heterocycles. The SMILES string of the molecule is N[C@@H]1C=CC(c2cc(-c3ccncc3)cc(N3c4ccccc4-c4ccc5c(sc6ccccc65)c4-c4cc5cccnc5cc43)c2)=C1. The molecule has 10 rings (SSSR count). The normalized spacial score (nSPS) is 15.0. The Kier molecular flexibility index (Phi) is 6.00. The number of pyridine rings is 2. The number of hydrogen-bond donors (Lipinski definition) is 1. The highest BCUT2D eigenvalue weighted by atomic mass is 32.1. The molecule has 8 aromatic rings. The average molecular weight is 633 g/mol. The summed E-state index contributed by atoms with van der Waals surface area (Å²) in [5, 5.41) is 3.70. The van der Waals surface area contributed by atoms with E-state index >= 15 is 0 Å². The van der Waals surface area contributed by atoms with Gasteiger partial charge in [0.2, 0.25) is 0 Å². The number of aromatic nitrogens is 2. The lowest BCUT2D eigenvalue weighted by atomic mass is 9.92. The molecular weight excluding hydrogens is 605 g/mol. The van der Waals surface area contributed by atoms with Crippen LogP contribution in [0.25, 0.3) is 70.0 Å². The van der Waals surface area contributed by atoms with E-state index in [0.29, 0.717) is 0 Å². The van der Waals surface area contributed by atoms with Crippen molar-refractivity contribution in [1.29, 1.82) is 0 Å². The fourth-order valence-electron chi connectivity index (χ4n) is 7.42. The second-order valence-electron chi connectivity index (χ2n) is 12.4. The number of nitrogens with zero attached hydrogens (tertiary/aromatic N) is 3. The number of para-hydroxylation sites is 1. The molecular formula is C43H28N4S. The van der Waals surface area contributed by atoms with Crippen LogP contribution in [0.5, 0.6) is 0 Å². The molecule has 0 radical (unpaired) electrons. The molecule has 0 fully saturated rings. The molecule has 226 valence electrons. The van der Waals surface area contributed by atoms with Gasteiger partial charge in [-0.3, -0.25) is 9.97 Å². The first-order chi connectivity index (χ1) is 23.7. The molecule has 0 bridgehead atoms. The lowest BCUT2D eigenvalue weighted by Crippen LogP contribution is -2.12. The molecule has 0 unspecified atom stereocenters. The first-order valence-electron chi connectivity index (χ1n) is 16.1. The van der Waals surface area contributed by atoms with E-state index in [1.807, 2.05) is 36.0 Å². The molecule has 5 aromatic carbocycles. The Morgan fingerprint density at radius 2 is 1.50 bits per heavy atom. The van der Waals surface area contributed by atoms with Crippen molar-refractivity contribution in [2.24, 2.45) is 5.73 Å². The van der Waals surface area contributed by atoms with Gasteiger partial charge in [-0.1, -0.05) is 72.8 Å². The molecule has 1 aliphatic heterocycles. The van der Waals surface area contributed by atoms with Crippen LogP contribution in [0.15, 0.2) is 152 Å². The average Bonchev–Trinajstić information content (AvgIpc) is 3.72. The summed E-state index contributed by atoms with van der Waals surface area (Å²) in [6.45, 7) is 0. The van der Waals surface area contributed by atoms with E-state index in [9.17, 15) is 0 Å². The van der Waals surface area contributed by atoms with Crippen molar-refractivity contribution in [2.45, 2.75) is 6.04 Å². The van der Waals surface area contributed by atoms with Gasteiger partial charge in [-0.15, -0.1) is 11.3 Å². The second-order valence-corrected chi connectivity index (χ2v) is 13.5. The van der Waals surface area contributed by atoms with Crippen molar-refractivity contribution < 1.29 is 0 Å². The maximum atomic E-state index is 6.33. The van der Waals surface area contributed by atoms with Gasteiger partial charge in [-0.25, -0.2) is 0 Å². The Labute approximate surface area is 281 Å². The summed E-state index contributed by atoms with van der Waals surface area (Å²) < 4.78 is 2.60. The van der Waals surface area contributed by atoms with Gasteiger partial charge in [-0.2, -0.15) is 0 Å². The molecule has 5 heteroatoms. The third kappa shape index (κ3) is 4.19. The van der Waals surface area contributed by atoms with Gasteiger partial charge in [-0.05, 0) is 88.5 Å². The molecule has 4 nitrogen and oxygen atoms in total. The minimum absolute atomic E-state index is 0.0941. The van der Waals surface area contributed by atoms with Crippen molar-refractivity contribution in [1.82, 2.24) is 9.97 Å². The zero-order chi connectivity index (χ0) is 31.8. The van der Waals surface area contributed by atoms with E-state index in [1.165, 1.54) is 42.4 Å². The Bertz CT molecular complexity index is 2650. The van der Waals surface area contributed by atoms with E-state index in [0.717, 1.165) is 50.2 Å². The van der Waals surface area contributed by atoms with Gasteiger partial charge in [0, 0.05) is 72.6 Å². The number of thiophene rings is 1. The molecule has 0 amide bonds. The zero-order valence-electron chi connectivity index (χ0n) is 25.8. The third-order valence-corrected chi connectivity index (χ3v) is 10.8. The number of hydrogen-bond acceptors (Lipinski definition) is 5. The molecule has 1 aliphatic carbocycles. The van der Waals surface area contributed by atoms with Gasteiger partial charge in [0.1, 0.15) is 0 Å². The van der Waals surface area contributed by atoms with Crippen molar-refractivity contribution in [3.05, 3.63) is 158 Å². The summed E-state index contributed by atoms with van der Waals surface area (Å²) in [5.74, 6) is 0. The maximum absolute atomic E-state index is 6.33. The standard InChI is InChI=1S/C43H28N4S/c44-31-12-11-27(21-31)30-20-29(26-15-18-45-19-16-26)22-32(23-30)47-39-9-3-1-7-33(39)35-13-14-36-34-8-2-4-10-41(34)48-43(36)42(35)37-24-28-6-5-17-46-38(28)25-40(37)47/h1-25,31H,44H2/t31-/m1/s1. The highest BCUT2D eigenvalue weighted by Gasteiger charge is 2.29. The lowest BCUT2D eigenvalue weighted by Gasteiger charge is -2.28. The van der Waals surface area contributed by atoms with Gasteiger partial charge < -0.3 is 10.6 Å². The zero-order valence-corrected chi connectivity index (χ0v) is 26.7. The molecule has 1 atom stereocenters. The molecule has 2 aliphatic rings. The first-order valence-corrected chi connectivity index (χ1v) is 17.0. The summed E-state index contributed by atoms with van der Waals surface area (Å²) in [5.41, 5.74) is 19.9. The molecule has 4 heterocycles. The summed E-state index contributed by atoms with van der Waals surface area (Å²) in [4.78, 5) is 11.6. The van der Waals surface area contributed by atoms with E-state index in [2.05, 4.69) is 137 Å². The number of allylic oxidation sites excluding steroid dienone is 2. The van der Waals surface area contributed by atoms with Crippen molar-refractivity contribution in [2.75, 3.05) is 4.90 Å². The molecule has 2 N–H and O–H groups in total. The summed E-state index contributed by atoms with van der Waals surface area (Å²) in [6.07, 6.45) is 11.9. The Balaban J connectivity index is 1.34. The van der Waals surface area contributed by atoms with Crippen LogP contribution in [0.2, 0.25) is 0 Å². The number of benzene rings is 5. The monoisotopic (exact) mass is 632 g/mol. The second kappa shape index (κ2) is 10.6. The van der Waals surface area contributed by atoms with E-state index in [4.69, 9.17) is 10.7 Å². The van der Waals surface area contributed by atoms with Crippen LogP contribution in [0.4, 0.5) is 17.1 Å². The highest BCUT2D eigenvalue weighted by Crippen LogP contribution is 2.55. The van der Waals surface area contributed by atoms with Crippen LogP contribution < -0.4 is 10.6 Å². The van der Waals surface area contributed by atoms with E-state index in [-0.39, 0.29) is 6.04 Å². The summed E-state index contributed by atoms with van der Waals surface area (Å²) >= 11 is 1.88. The van der Waals surface area contributed by atoms with Crippen LogP contribution in [0.1, 0.15) is 5.56 Å². The number of fused-ring (bicyclic) bond motifs is 10. The molecule has 48 heavy (non-hydrogen) atoms. The Morgan fingerprint density at radius 3 is 2.40 bits per heavy atom. The Morgan fingerprint density at radius 1 is 0.646 bits per heavy atom. The molecule has 0 spiro atoms. The smallest absolute Gasteiger partial charge is 0.0723 e. The van der Waals surface area contributed by atoms with Crippen LogP contribution >= 0.6 is 11.3 Å². The number of nitrogens with two attached hydrogens (primary N) is 1. The predicted molar refractivity (Wildman–Crippen MR) is 202 cm³/mol. The quantitative estimate of drug-likeness (QED) is 0.211.